The van der Waals surface area contributed by atoms with Crippen molar-refractivity contribution in [2.75, 3.05) is 13.2 Å². The van der Waals surface area contributed by atoms with Gasteiger partial charge in [0.2, 0.25) is 0 Å². The van der Waals surface area contributed by atoms with E-state index in [1.165, 1.54) is 23.4 Å². The first kappa shape index (κ1) is 15.9. The van der Waals surface area contributed by atoms with E-state index < -0.39 is 0 Å². The summed E-state index contributed by atoms with van der Waals surface area (Å²) in [5, 5.41) is 0. The maximum absolute atomic E-state index is 5.72. The van der Waals surface area contributed by atoms with Gasteiger partial charge in [-0.2, -0.15) is 0 Å². The highest BCUT2D eigenvalue weighted by Gasteiger charge is 2.38. The normalized spacial score (nSPS) is 25.5. The molecular weight excluding hydrogens is 272 g/mol. The predicted molar refractivity (Wildman–Crippen MR) is 89.4 cm³/mol. The van der Waals surface area contributed by atoms with Crippen molar-refractivity contribution < 1.29 is 4.74 Å². The maximum Gasteiger partial charge on any atom is 0.134 e. The van der Waals surface area contributed by atoms with Crippen LogP contribution >= 0.6 is 0 Å². The summed E-state index contributed by atoms with van der Waals surface area (Å²) < 4.78 is 5.72. The second-order valence-corrected chi connectivity index (χ2v) is 9.03. The largest absolute Gasteiger partial charge is 0.381 e. The molecule has 0 aromatic carbocycles. The monoisotopic (exact) mass is 302 g/mol. The fourth-order valence-electron chi connectivity index (χ4n) is 3.79. The van der Waals surface area contributed by atoms with Crippen molar-refractivity contribution in [2.24, 2.45) is 5.92 Å². The van der Waals surface area contributed by atoms with E-state index in [0.717, 1.165) is 31.9 Å². The van der Waals surface area contributed by atoms with Gasteiger partial charge in [-0.25, -0.2) is 9.97 Å². The number of hydrogen-bond donors (Lipinski definition) is 0. The first-order chi connectivity index (χ1) is 10.2. The summed E-state index contributed by atoms with van der Waals surface area (Å²) in [6.45, 7) is 15.3. The molecule has 3 nitrogen and oxygen atoms in total. The molecule has 0 radical (unpaired) electrons. The fourth-order valence-corrected chi connectivity index (χ4v) is 3.79. The summed E-state index contributed by atoms with van der Waals surface area (Å²) in [6.07, 6.45) is 3.41. The Bertz CT molecular complexity index is 566. The number of aryl methyl sites for hydroxylation is 1. The summed E-state index contributed by atoms with van der Waals surface area (Å²) in [5.41, 5.74) is 4.11. The molecule has 1 aliphatic carbocycles. The van der Waals surface area contributed by atoms with E-state index in [0.29, 0.717) is 11.8 Å². The Balaban J connectivity index is 2.18. The SMILES string of the molecule is CC(C)(C)c1nc2c(c(C(C)(C)C)n1)C1CCOCC1CC2. The third-order valence-electron chi connectivity index (χ3n) is 5.00. The third-order valence-corrected chi connectivity index (χ3v) is 5.00. The molecular formula is C19H30N2O. The molecule has 0 N–H and O–H groups in total. The molecule has 2 unspecified atom stereocenters. The molecule has 1 fully saturated rings. The molecule has 1 aromatic heterocycles. The minimum absolute atomic E-state index is 0.00154. The Hall–Kier alpha value is -0.960. The highest BCUT2D eigenvalue weighted by molar-refractivity contribution is 5.38. The van der Waals surface area contributed by atoms with Gasteiger partial charge in [0.1, 0.15) is 5.82 Å². The average molecular weight is 302 g/mol. The van der Waals surface area contributed by atoms with Crippen LogP contribution in [-0.4, -0.2) is 23.2 Å². The molecule has 22 heavy (non-hydrogen) atoms. The van der Waals surface area contributed by atoms with Gasteiger partial charge >= 0.3 is 0 Å². The van der Waals surface area contributed by atoms with Crippen LogP contribution < -0.4 is 0 Å². The van der Waals surface area contributed by atoms with Crippen molar-refractivity contribution in [2.45, 2.75) is 77.6 Å². The van der Waals surface area contributed by atoms with Crippen LogP contribution in [-0.2, 0) is 22.0 Å². The van der Waals surface area contributed by atoms with Crippen LogP contribution in [0.4, 0.5) is 0 Å². The van der Waals surface area contributed by atoms with Gasteiger partial charge in [0.15, 0.2) is 0 Å². The topological polar surface area (TPSA) is 35.0 Å². The zero-order chi connectivity index (χ0) is 16.1. The van der Waals surface area contributed by atoms with Crippen LogP contribution in [0.1, 0.15) is 83.1 Å². The van der Waals surface area contributed by atoms with Gasteiger partial charge in [0, 0.05) is 29.7 Å². The number of hydrogen-bond acceptors (Lipinski definition) is 3. The molecule has 3 heteroatoms. The molecule has 3 rings (SSSR count). The van der Waals surface area contributed by atoms with Gasteiger partial charge in [0.05, 0.1) is 5.69 Å². The summed E-state index contributed by atoms with van der Waals surface area (Å²) >= 11 is 0. The Labute approximate surface area is 134 Å². The molecule has 122 valence electrons. The van der Waals surface area contributed by atoms with Crippen LogP contribution in [0.2, 0.25) is 0 Å². The van der Waals surface area contributed by atoms with E-state index in [1.807, 2.05) is 0 Å². The van der Waals surface area contributed by atoms with Crippen molar-refractivity contribution in [1.82, 2.24) is 9.97 Å². The molecule has 0 saturated carbocycles. The number of nitrogens with zero attached hydrogens (tertiary/aromatic N) is 2. The second-order valence-electron chi connectivity index (χ2n) is 9.03. The smallest absolute Gasteiger partial charge is 0.134 e. The van der Waals surface area contributed by atoms with Crippen molar-refractivity contribution in [3.63, 3.8) is 0 Å². The molecule has 2 atom stereocenters. The van der Waals surface area contributed by atoms with Gasteiger partial charge in [0.25, 0.3) is 0 Å². The summed E-state index contributed by atoms with van der Waals surface area (Å²) in [5.74, 6) is 2.26. The zero-order valence-corrected chi connectivity index (χ0v) is 15.0. The van der Waals surface area contributed by atoms with Crippen molar-refractivity contribution >= 4 is 0 Å². The molecule has 0 spiro atoms. The van der Waals surface area contributed by atoms with E-state index in [-0.39, 0.29) is 10.8 Å². The minimum atomic E-state index is 0.00154. The number of ether oxygens (including phenoxy) is 1. The van der Waals surface area contributed by atoms with Gasteiger partial charge in [-0.3, -0.25) is 0 Å². The molecule has 0 amide bonds. The predicted octanol–water partition coefficient (Wildman–Crippen LogP) is 4.14. The Morgan fingerprint density at radius 2 is 1.68 bits per heavy atom. The van der Waals surface area contributed by atoms with Crippen LogP contribution in [0.25, 0.3) is 0 Å². The molecule has 0 bridgehead atoms. The van der Waals surface area contributed by atoms with Crippen molar-refractivity contribution in [3.8, 4) is 0 Å². The first-order valence-electron chi connectivity index (χ1n) is 8.67. The average Bonchev–Trinajstić information content (AvgIpc) is 2.44. The van der Waals surface area contributed by atoms with Crippen LogP contribution in [0.3, 0.4) is 0 Å². The Morgan fingerprint density at radius 3 is 2.32 bits per heavy atom. The van der Waals surface area contributed by atoms with Gasteiger partial charge in [-0.1, -0.05) is 41.5 Å². The minimum Gasteiger partial charge on any atom is -0.381 e. The summed E-state index contributed by atoms with van der Waals surface area (Å²) in [6, 6.07) is 0. The summed E-state index contributed by atoms with van der Waals surface area (Å²) in [4.78, 5) is 10.1. The molecule has 1 saturated heterocycles. The van der Waals surface area contributed by atoms with Crippen LogP contribution in [0.5, 0.6) is 0 Å². The highest BCUT2D eigenvalue weighted by atomic mass is 16.5. The van der Waals surface area contributed by atoms with E-state index in [1.54, 1.807) is 0 Å². The zero-order valence-electron chi connectivity index (χ0n) is 15.0. The maximum atomic E-state index is 5.72. The van der Waals surface area contributed by atoms with E-state index in [9.17, 15) is 0 Å². The van der Waals surface area contributed by atoms with Gasteiger partial charge in [-0.15, -0.1) is 0 Å². The van der Waals surface area contributed by atoms with Crippen LogP contribution in [0.15, 0.2) is 0 Å². The lowest BCUT2D eigenvalue weighted by Crippen LogP contribution is -2.35. The lowest BCUT2D eigenvalue weighted by molar-refractivity contribution is 0.0323. The van der Waals surface area contributed by atoms with Gasteiger partial charge < -0.3 is 4.74 Å². The molecule has 1 aliphatic heterocycles. The number of fused-ring (bicyclic) bond motifs is 3. The lowest BCUT2D eigenvalue weighted by atomic mass is 9.71. The third kappa shape index (κ3) is 2.80. The lowest BCUT2D eigenvalue weighted by Gasteiger charge is -2.40. The van der Waals surface area contributed by atoms with E-state index in [4.69, 9.17) is 14.7 Å². The Kier molecular flexibility index (Phi) is 3.83. The number of aromatic nitrogens is 2. The van der Waals surface area contributed by atoms with E-state index >= 15 is 0 Å². The molecule has 2 aliphatic rings. The summed E-state index contributed by atoms with van der Waals surface area (Å²) in [7, 11) is 0. The standard InChI is InChI=1S/C19H30N2O/c1-18(2,3)16-15-13-9-10-22-11-12(13)7-8-14(15)20-17(21-16)19(4,5)6/h12-13H,7-11H2,1-6H3. The quantitative estimate of drug-likeness (QED) is 0.722. The molecule has 1 aromatic rings. The molecule has 2 heterocycles. The fraction of sp³-hybridized carbons (Fsp3) is 0.789. The second kappa shape index (κ2) is 5.30. The van der Waals surface area contributed by atoms with E-state index in [2.05, 4.69) is 41.5 Å². The van der Waals surface area contributed by atoms with Crippen LogP contribution in [0, 0.1) is 5.92 Å². The van der Waals surface area contributed by atoms with Gasteiger partial charge in [-0.05, 0) is 36.7 Å². The first-order valence-corrected chi connectivity index (χ1v) is 8.67. The number of rotatable bonds is 0. The van der Waals surface area contributed by atoms with Crippen molar-refractivity contribution in [3.05, 3.63) is 22.8 Å². The highest BCUT2D eigenvalue weighted by Crippen LogP contribution is 2.44. The van der Waals surface area contributed by atoms with Crippen molar-refractivity contribution in [1.29, 1.82) is 0 Å². The Morgan fingerprint density at radius 1 is 0.955 bits per heavy atom.